The summed E-state index contributed by atoms with van der Waals surface area (Å²) in [6, 6.07) is 0. The second-order valence-corrected chi connectivity index (χ2v) is 10.8. The van der Waals surface area contributed by atoms with E-state index in [-0.39, 0.29) is 40.9 Å². The highest BCUT2D eigenvalue weighted by atomic mass is 16.6. The summed E-state index contributed by atoms with van der Waals surface area (Å²) in [5, 5.41) is 0. The van der Waals surface area contributed by atoms with Crippen LogP contribution in [0.1, 0.15) is 72.6 Å². The molecular formula is C24H34O4. The van der Waals surface area contributed by atoms with E-state index in [1.54, 1.807) is 0 Å². The lowest BCUT2D eigenvalue weighted by Crippen LogP contribution is -2.51. The predicted molar refractivity (Wildman–Crippen MR) is 105 cm³/mol. The fourth-order valence-electron chi connectivity index (χ4n) is 8.41. The number of hydrogen-bond donors (Lipinski definition) is 0. The van der Waals surface area contributed by atoms with E-state index in [1.807, 2.05) is 0 Å². The van der Waals surface area contributed by atoms with Gasteiger partial charge >= 0.3 is 11.9 Å². The van der Waals surface area contributed by atoms with Gasteiger partial charge < -0.3 is 9.47 Å². The highest BCUT2D eigenvalue weighted by Crippen LogP contribution is 2.68. The van der Waals surface area contributed by atoms with E-state index < -0.39 is 0 Å². The Kier molecular flexibility index (Phi) is 4.07. The van der Waals surface area contributed by atoms with Crippen LogP contribution in [0.25, 0.3) is 0 Å². The van der Waals surface area contributed by atoms with Gasteiger partial charge in [-0.2, -0.15) is 0 Å². The Morgan fingerprint density at radius 1 is 1.21 bits per heavy atom. The van der Waals surface area contributed by atoms with Crippen LogP contribution in [-0.2, 0) is 19.1 Å². The number of carbonyl (C=O) groups excluding carboxylic acids is 2. The zero-order valence-corrected chi connectivity index (χ0v) is 17.7. The third-order valence-corrected chi connectivity index (χ3v) is 9.66. The Labute approximate surface area is 168 Å². The van der Waals surface area contributed by atoms with Gasteiger partial charge in [0.15, 0.2) is 0 Å². The quantitative estimate of drug-likeness (QED) is 0.485. The molecule has 154 valence electrons. The minimum Gasteiger partial charge on any atom is -0.462 e. The van der Waals surface area contributed by atoms with E-state index in [2.05, 4.69) is 26.8 Å². The van der Waals surface area contributed by atoms with E-state index in [0.29, 0.717) is 23.7 Å². The number of fused-ring (bicyclic) bond motifs is 7. The lowest BCUT2D eigenvalue weighted by molar-refractivity contribution is -0.148. The van der Waals surface area contributed by atoms with Crippen molar-refractivity contribution in [1.29, 1.82) is 0 Å². The highest BCUT2D eigenvalue weighted by Gasteiger charge is 2.65. The van der Waals surface area contributed by atoms with Gasteiger partial charge in [-0.1, -0.05) is 32.4 Å². The topological polar surface area (TPSA) is 52.6 Å². The van der Waals surface area contributed by atoms with Crippen molar-refractivity contribution in [3.05, 3.63) is 11.6 Å². The zero-order chi connectivity index (χ0) is 19.8. The van der Waals surface area contributed by atoms with E-state index in [4.69, 9.17) is 9.47 Å². The minimum absolute atomic E-state index is 0.0263. The smallest absolute Gasteiger partial charge is 0.309 e. The first-order valence-electron chi connectivity index (χ1n) is 11.3. The molecule has 0 aromatic heterocycles. The number of esters is 2. The maximum Gasteiger partial charge on any atom is 0.309 e. The summed E-state index contributed by atoms with van der Waals surface area (Å²) in [6.07, 6.45) is 10.4. The number of hydrogen-bond acceptors (Lipinski definition) is 4. The summed E-state index contributed by atoms with van der Waals surface area (Å²) in [5.74, 6) is 2.42. The fraction of sp³-hybridized carbons (Fsp3) is 0.833. The molecule has 0 radical (unpaired) electrons. The Hall–Kier alpha value is -1.32. The Bertz CT molecular complexity index is 741. The van der Waals surface area contributed by atoms with Gasteiger partial charge in [-0.15, -0.1) is 0 Å². The molecule has 5 rings (SSSR count). The maximum atomic E-state index is 12.2. The third-order valence-electron chi connectivity index (χ3n) is 9.66. The van der Waals surface area contributed by atoms with Crippen LogP contribution in [0, 0.1) is 40.4 Å². The first-order valence-corrected chi connectivity index (χ1v) is 11.3. The third kappa shape index (κ3) is 2.42. The molecule has 5 aliphatic rings. The molecule has 3 saturated carbocycles. The number of carbonyl (C=O) groups is 2. The molecular weight excluding hydrogens is 352 g/mol. The van der Waals surface area contributed by atoms with E-state index >= 15 is 0 Å². The summed E-state index contributed by atoms with van der Waals surface area (Å²) < 4.78 is 11.4. The molecule has 1 heterocycles. The van der Waals surface area contributed by atoms with Crippen LogP contribution in [0.15, 0.2) is 11.6 Å². The molecule has 4 heteroatoms. The summed E-state index contributed by atoms with van der Waals surface area (Å²) in [5.41, 5.74) is 2.03. The fourth-order valence-corrected chi connectivity index (χ4v) is 8.41. The van der Waals surface area contributed by atoms with Gasteiger partial charge in [0, 0.05) is 19.3 Å². The van der Waals surface area contributed by atoms with Crippen LogP contribution in [0.4, 0.5) is 0 Å². The standard InChI is InChI=1S/C24H34O4/c1-13-21-20(28-22(13)26)12-19-17-6-5-15-11-16(27-14(2)25)7-9-23(15,3)18(17)8-10-24(19,21)4/h5,13,16-21H,6-12H2,1-4H3/t13?,16-,17?,18?,19?,20?,21?,23+,24+/m1/s1. The van der Waals surface area contributed by atoms with Gasteiger partial charge in [0.1, 0.15) is 12.2 Å². The molecule has 4 fully saturated rings. The molecule has 4 nitrogen and oxygen atoms in total. The van der Waals surface area contributed by atoms with Crippen molar-refractivity contribution in [2.24, 2.45) is 40.4 Å². The van der Waals surface area contributed by atoms with Gasteiger partial charge in [0.25, 0.3) is 0 Å². The van der Waals surface area contributed by atoms with Gasteiger partial charge in [-0.05, 0) is 67.1 Å². The molecule has 0 amide bonds. The molecule has 1 saturated heterocycles. The van der Waals surface area contributed by atoms with Crippen molar-refractivity contribution in [2.75, 3.05) is 0 Å². The molecule has 0 bridgehead atoms. The van der Waals surface area contributed by atoms with Crippen molar-refractivity contribution in [1.82, 2.24) is 0 Å². The number of allylic oxidation sites excluding steroid dienone is 1. The van der Waals surface area contributed by atoms with Crippen molar-refractivity contribution < 1.29 is 19.1 Å². The van der Waals surface area contributed by atoms with Crippen LogP contribution in [-0.4, -0.2) is 24.1 Å². The number of rotatable bonds is 1. The van der Waals surface area contributed by atoms with Gasteiger partial charge in [0.2, 0.25) is 0 Å². The number of ether oxygens (including phenoxy) is 2. The van der Waals surface area contributed by atoms with Crippen molar-refractivity contribution in [3.63, 3.8) is 0 Å². The summed E-state index contributed by atoms with van der Waals surface area (Å²) >= 11 is 0. The van der Waals surface area contributed by atoms with Crippen LogP contribution in [0.2, 0.25) is 0 Å². The minimum atomic E-state index is -0.155. The SMILES string of the molecule is CC(=O)O[C@@H]1CC[C@@]2(C)C(=CCC3C4CC5OC(=O)C(C)C5[C@@]4(C)CCC32)C1. The summed E-state index contributed by atoms with van der Waals surface area (Å²) in [7, 11) is 0. The predicted octanol–water partition coefficient (Wildman–Crippen LogP) is 4.67. The first kappa shape index (κ1) is 18.7. The van der Waals surface area contributed by atoms with E-state index in [1.165, 1.54) is 25.3 Å². The maximum absolute atomic E-state index is 12.2. The Morgan fingerprint density at radius 2 is 2.00 bits per heavy atom. The van der Waals surface area contributed by atoms with E-state index in [0.717, 1.165) is 32.1 Å². The van der Waals surface area contributed by atoms with Crippen LogP contribution < -0.4 is 0 Å². The average molecular weight is 387 g/mol. The molecule has 0 aromatic rings. The van der Waals surface area contributed by atoms with Crippen molar-refractivity contribution >= 4 is 11.9 Å². The lowest BCUT2D eigenvalue weighted by atomic mass is 9.47. The second-order valence-electron chi connectivity index (χ2n) is 10.8. The molecule has 6 unspecified atom stereocenters. The average Bonchev–Trinajstić information content (AvgIpc) is 3.08. The molecule has 4 aliphatic carbocycles. The Balaban J connectivity index is 1.42. The molecule has 0 aromatic carbocycles. The normalized spacial score (nSPS) is 51.9. The molecule has 1 aliphatic heterocycles. The first-order chi connectivity index (χ1) is 13.2. The molecule has 0 N–H and O–H groups in total. The van der Waals surface area contributed by atoms with Crippen LogP contribution in [0.5, 0.6) is 0 Å². The monoisotopic (exact) mass is 386 g/mol. The summed E-state index contributed by atoms with van der Waals surface area (Å²) in [4.78, 5) is 23.6. The Morgan fingerprint density at radius 3 is 2.75 bits per heavy atom. The molecule has 9 atom stereocenters. The van der Waals surface area contributed by atoms with Crippen LogP contribution >= 0.6 is 0 Å². The second kappa shape index (κ2) is 6.09. The molecule has 0 spiro atoms. The largest absolute Gasteiger partial charge is 0.462 e. The van der Waals surface area contributed by atoms with Crippen LogP contribution in [0.3, 0.4) is 0 Å². The van der Waals surface area contributed by atoms with Gasteiger partial charge in [0.05, 0.1) is 5.92 Å². The highest BCUT2D eigenvalue weighted by molar-refractivity contribution is 5.75. The summed E-state index contributed by atoms with van der Waals surface area (Å²) in [6.45, 7) is 8.53. The zero-order valence-electron chi connectivity index (χ0n) is 17.7. The van der Waals surface area contributed by atoms with Crippen molar-refractivity contribution in [2.45, 2.75) is 84.8 Å². The molecule has 28 heavy (non-hydrogen) atoms. The van der Waals surface area contributed by atoms with Gasteiger partial charge in [-0.3, -0.25) is 9.59 Å². The lowest BCUT2D eigenvalue weighted by Gasteiger charge is -2.58. The van der Waals surface area contributed by atoms with E-state index in [9.17, 15) is 9.59 Å². The van der Waals surface area contributed by atoms with Gasteiger partial charge in [-0.25, -0.2) is 0 Å². The van der Waals surface area contributed by atoms with Crippen molar-refractivity contribution in [3.8, 4) is 0 Å².